The Labute approximate surface area is 135 Å². The van der Waals surface area contributed by atoms with E-state index >= 15 is 0 Å². The molecule has 0 aliphatic carbocycles. The van der Waals surface area contributed by atoms with Gasteiger partial charge in [-0.3, -0.25) is 10.1 Å². The van der Waals surface area contributed by atoms with Gasteiger partial charge in [0, 0.05) is 25.7 Å². The quantitative estimate of drug-likeness (QED) is 0.627. The Morgan fingerprint density at radius 1 is 1.45 bits per heavy atom. The van der Waals surface area contributed by atoms with E-state index in [0.29, 0.717) is 13.0 Å². The van der Waals surface area contributed by atoms with Gasteiger partial charge in [-0.1, -0.05) is 0 Å². The maximum atomic E-state index is 12.5. The van der Waals surface area contributed by atoms with E-state index in [0.717, 1.165) is 12.6 Å². The molecular formula is C12H18ClN3O5S. The maximum Gasteiger partial charge on any atom is 0.312 e. The molecule has 8 nitrogen and oxygen atoms in total. The van der Waals surface area contributed by atoms with E-state index in [4.69, 9.17) is 4.74 Å². The van der Waals surface area contributed by atoms with E-state index < -0.39 is 14.9 Å². The third-order valence-electron chi connectivity index (χ3n) is 3.57. The number of likely N-dealkylation sites (N-methyl/N-ethyl adjacent to an activating group) is 1. The lowest BCUT2D eigenvalue weighted by atomic mass is 10.3. The molecule has 1 aromatic rings. The molecule has 10 heteroatoms. The Bertz CT molecular complexity index is 646. The molecule has 1 saturated heterocycles. The highest BCUT2D eigenvalue weighted by Gasteiger charge is 2.31. The third-order valence-corrected chi connectivity index (χ3v) is 5.48. The van der Waals surface area contributed by atoms with Gasteiger partial charge in [-0.25, -0.2) is 8.42 Å². The number of methoxy groups -OCH3 is 1. The summed E-state index contributed by atoms with van der Waals surface area (Å²) in [5, 5.41) is 14.1. The fraction of sp³-hybridized carbons (Fsp3) is 0.500. The molecule has 1 unspecified atom stereocenters. The van der Waals surface area contributed by atoms with E-state index in [-0.39, 0.29) is 34.8 Å². The number of hydrogen-bond acceptors (Lipinski definition) is 6. The minimum Gasteiger partial charge on any atom is -0.490 e. The minimum absolute atomic E-state index is 0. The van der Waals surface area contributed by atoms with Crippen molar-refractivity contribution in [2.45, 2.75) is 17.4 Å². The van der Waals surface area contributed by atoms with Crippen molar-refractivity contribution in [2.75, 3.05) is 27.2 Å². The maximum absolute atomic E-state index is 12.5. The molecule has 1 fully saturated rings. The monoisotopic (exact) mass is 351 g/mol. The van der Waals surface area contributed by atoms with Crippen LogP contribution in [0.5, 0.6) is 5.75 Å². The fourth-order valence-corrected chi connectivity index (χ4v) is 3.69. The zero-order valence-corrected chi connectivity index (χ0v) is 13.8. The standard InChI is InChI=1S/C12H17N3O5S.ClH/c1-14(9-5-6-13-8-9)21(18,19)10-3-4-12(20-2)11(7-10)15(16)17;/h3-4,7,9,13H,5-6,8H2,1-2H3;1H. The Balaban J connectivity index is 0.00000242. The van der Waals surface area contributed by atoms with Crippen LogP contribution >= 0.6 is 12.4 Å². The molecule has 0 bridgehead atoms. The number of rotatable bonds is 5. The molecule has 0 amide bonds. The molecule has 1 N–H and O–H groups in total. The molecule has 0 radical (unpaired) electrons. The molecule has 1 aliphatic heterocycles. The number of halogens is 1. The predicted molar refractivity (Wildman–Crippen MR) is 83.1 cm³/mol. The van der Waals surface area contributed by atoms with Crippen LogP contribution in [0.1, 0.15) is 6.42 Å². The average Bonchev–Trinajstić information content (AvgIpc) is 2.99. The first-order chi connectivity index (χ1) is 9.87. The van der Waals surface area contributed by atoms with E-state index in [1.807, 2.05) is 0 Å². The van der Waals surface area contributed by atoms with Crippen LogP contribution in [-0.4, -0.2) is 50.9 Å². The van der Waals surface area contributed by atoms with Crippen molar-refractivity contribution >= 4 is 28.1 Å². The number of benzene rings is 1. The lowest BCUT2D eigenvalue weighted by Crippen LogP contribution is -2.38. The van der Waals surface area contributed by atoms with Gasteiger partial charge in [-0.2, -0.15) is 4.31 Å². The van der Waals surface area contributed by atoms with Crippen molar-refractivity contribution in [3.05, 3.63) is 28.3 Å². The number of sulfonamides is 1. The second kappa shape index (κ2) is 7.23. The van der Waals surface area contributed by atoms with Crippen LogP contribution in [0.4, 0.5) is 5.69 Å². The minimum atomic E-state index is -3.77. The highest BCUT2D eigenvalue weighted by Crippen LogP contribution is 2.31. The van der Waals surface area contributed by atoms with Gasteiger partial charge in [0.2, 0.25) is 10.0 Å². The number of nitrogens with zero attached hydrogens (tertiary/aromatic N) is 2. The Kier molecular flexibility index (Phi) is 6.12. The zero-order chi connectivity index (χ0) is 15.6. The molecule has 0 spiro atoms. The summed E-state index contributed by atoms with van der Waals surface area (Å²) in [6, 6.07) is 3.51. The van der Waals surface area contributed by atoms with Gasteiger partial charge in [0.25, 0.3) is 0 Å². The van der Waals surface area contributed by atoms with Crippen LogP contribution in [0.3, 0.4) is 0 Å². The fourth-order valence-electron chi connectivity index (χ4n) is 2.29. The highest BCUT2D eigenvalue weighted by molar-refractivity contribution is 7.89. The first-order valence-corrected chi connectivity index (χ1v) is 7.83. The van der Waals surface area contributed by atoms with Crippen molar-refractivity contribution < 1.29 is 18.1 Å². The van der Waals surface area contributed by atoms with Gasteiger partial charge < -0.3 is 10.1 Å². The number of nitro benzene ring substituents is 1. The summed E-state index contributed by atoms with van der Waals surface area (Å²) in [4.78, 5) is 10.2. The van der Waals surface area contributed by atoms with Crippen molar-refractivity contribution in [1.29, 1.82) is 0 Å². The van der Waals surface area contributed by atoms with E-state index in [1.54, 1.807) is 0 Å². The molecule has 1 aliphatic rings. The topological polar surface area (TPSA) is 102 Å². The second-order valence-electron chi connectivity index (χ2n) is 4.76. The molecule has 0 aromatic heterocycles. The summed E-state index contributed by atoms with van der Waals surface area (Å²) >= 11 is 0. The molecule has 1 heterocycles. The Morgan fingerprint density at radius 3 is 2.64 bits per heavy atom. The number of hydrogen-bond donors (Lipinski definition) is 1. The first-order valence-electron chi connectivity index (χ1n) is 6.39. The van der Waals surface area contributed by atoms with E-state index in [9.17, 15) is 18.5 Å². The summed E-state index contributed by atoms with van der Waals surface area (Å²) in [7, 11) is -0.982. The summed E-state index contributed by atoms with van der Waals surface area (Å²) in [6.45, 7) is 1.33. The number of nitrogens with one attached hydrogen (secondary N) is 1. The van der Waals surface area contributed by atoms with Crippen LogP contribution in [0.25, 0.3) is 0 Å². The summed E-state index contributed by atoms with van der Waals surface area (Å²) in [6.07, 6.45) is 0.716. The predicted octanol–water partition coefficient (Wildman–Crippen LogP) is 1.01. The van der Waals surface area contributed by atoms with Crippen molar-refractivity contribution in [3.63, 3.8) is 0 Å². The van der Waals surface area contributed by atoms with Gasteiger partial charge in [-0.15, -0.1) is 12.4 Å². The highest BCUT2D eigenvalue weighted by atomic mass is 35.5. The zero-order valence-electron chi connectivity index (χ0n) is 12.2. The van der Waals surface area contributed by atoms with Crippen LogP contribution < -0.4 is 10.1 Å². The number of ether oxygens (including phenoxy) is 1. The van der Waals surface area contributed by atoms with E-state index in [2.05, 4.69) is 5.32 Å². The molecule has 124 valence electrons. The van der Waals surface area contributed by atoms with Gasteiger partial charge in [0.05, 0.1) is 16.9 Å². The lowest BCUT2D eigenvalue weighted by Gasteiger charge is -2.23. The molecule has 22 heavy (non-hydrogen) atoms. The number of nitro groups is 1. The van der Waals surface area contributed by atoms with Gasteiger partial charge in [-0.05, 0) is 25.1 Å². The van der Waals surface area contributed by atoms with Gasteiger partial charge in [0.1, 0.15) is 0 Å². The van der Waals surface area contributed by atoms with Crippen LogP contribution in [-0.2, 0) is 10.0 Å². The average molecular weight is 352 g/mol. The summed E-state index contributed by atoms with van der Waals surface area (Å²) in [5.74, 6) is 0.0316. The normalized spacial score (nSPS) is 18.0. The van der Waals surface area contributed by atoms with Crippen LogP contribution in [0, 0.1) is 10.1 Å². The largest absolute Gasteiger partial charge is 0.490 e. The second-order valence-corrected chi connectivity index (χ2v) is 6.76. The molecule has 1 aromatic carbocycles. The first kappa shape index (κ1) is 18.6. The smallest absolute Gasteiger partial charge is 0.312 e. The summed E-state index contributed by atoms with van der Waals surface area (Å²) in [5.41, 5.74) is -0.364. The SMILES string of the molecule is COc1ccc(S(=O)(=O)N(C)C2CCNC2)cc1[N+](=O)[O-].Cl. The van der Waals surface area contributed by atoms with Crippen molar-refractivity contribution in [3.8, 4) is 5.75 Å². The van der Waals surface area contributed by atoms with Crippen molar-refractivity contribution in [2.24, 2.45) is 0 Å². The molecule has 1 atom stereocenters. The Hall–Kier alpha value is -1.42. The third kappa shape index (κ3) is 3.49. The van der Waals surface area contributed by atoms with Gasteiger partial charge >= 0.3 is 5.69 Å². The van der Waals surface area contributed by atoms with Crippen LogP contribution in [0.2, 0.25) is 0 Å². The molecule has 0 saturated carbocycles. The van der Waals surface area contributed by atoms with Crippen molar-refractivity contribution in [1.82, 2.24) is 9.62 Å². The lowest BCUT2D eigenvalue weighted by molar-refractivity contribution is -0.386. The Morgan fingerprint density at radius 2 is 2.14 bits per heavy atom. The molecular weight excluding hydrogens is 334 g/mol. The van der Waals surface area contributed by atoms with Crippen LogP contribution in [0.15, 0.2) is 23.1 Å². The van der Waals surface area contributed by atoms with E-state index in [1.165, 1.54) is 30.6 Å². The molecule has 2 rings (SSSR count). The summed E-state index contributed by atoms with van der Waals surface area (Å²) < 4.78 is 31.2. The van der Waals surface area contributed by atoms with Gasteiger partial charge in [0.15, 0.2) is 5.75 Å².